The van der Waals surface area contributed by atoms with Crippen LogP contribution in [0, 0.1) is 0 Å². The van der Waals surface area contributed by atoms with Crippen molar-refractivity contribution in [2.45, 2.75) is 25.9 Å². The molecule has 1 aromatic carbocycles. The van der Waals surface area contributed by atoms with Gasteiger partial charge in [-0.25, -0.2) is 0 Å². The highest BCUT2D eigenvalue weighted by Gasteiger charge is 2.14. The standard InChI is InChI=1S/C14H18ClN3/c1-3-7-18-10-12(9-17-18)14(16-2)11-5-4-6-13(15)8-11/h4-6,8-10,14,16H,3,7H2,1-2H3. The molecule has 0 aliphatic heterocycles. The summed E-state index contributed by atoms with van der Waals surface area (Å²) >= 11 is 6.04. The fraction of sp³-hybridized carbons (Fsp3) is 0.357. The minimum Gasteiger partial charge on any atom is -0.309 e. The zero-order valence-electron chi connectivity index (χ0n) is 10.7. The van der Waals surface area contributed by atoms with Gasteiger partial charge in [-0.1, -0.05) is 30.7 Å². The highest BCUT2D eigenvalue weighted by molar-refractivity contribution is 6.30. The molecule has 18 heavy (non-hydrogen) atoms. The van der Waals surface area contributed by atoms with Crippen LogP contribution in [0.15, 0.2) is 36.7 Å². The molecule has 1 atom stereocenters. The number of hydrogen-bond acceptors (Lipinski definition) is 2. The van der Waals surface area contributed by atoms with Gasteiger partial charge in [0, 0.05) is 23.3 Å². The molecular formula is C14H18ClN3. The average Bonchev–Trinajstić information content (AvgIpc) is 2.79. The van der Waals surface area contributed by atoms with Crippen LogP contribution in [0.1, 0.15) is 30.5 Å². The van der Waals surface area contributed by atoms with E-state index >= 15 is 0 Å². The Kier molecular flexibility index (Phi) is 4.39. The van der Waals surface area contributed by atoms with Gasteiger partial charge in [0.15, 0.2) is 0 Å². The molecular weight excluding hydrogens is 246 g/mol. The minimum atomic E-state index is 0.134. The van der Waals surface area contributed by atoms with Crippen LogP contribution in [-0.4, -0.2) is 16.8 Å². The van der Waals surface area contributed by atoms with Gasteiger partial charge in [0.1, 0.15) is 0 Å². The number of aromatic nitrogens is 2. The second-order valence-corrected chi connectivity index (χ2v) is 4.75. The summed E-state index contributed by atoms with van der Waals surface area (Å²) in [5.74, 6) is 0. The van der Waals surface area contributed by atoms with Gasteiger partial charge in [-0.05, 0) is 31.2 Å². The normalized spacial score (nSPS) is 12.6. The summed E-state index contributed by atoms with van der Waals surface area (Å²) in [6, 6.07) is 8.05. The van der Waals surface area contributed by atoms with Crippen molar-refractivity contribution in [2.75, 3.05) is 7.05 Å². The highest BCUT2D eigenvalue weighted by atomic mass is 35.5. The molecule has 0 bridgehead atoms. The Labute approximate surface area is 113 Å². The number of nitrogens with one attached hydrogen (secondary N) is 1. The second-order valence-electron chi connectivity index (χ2n) is 4.31. The predicted molar refractivity (Wildman–Crippen MR) is 74.9 cm³/mol. The zero-order chi connectivity index (χ0) is 13.0. The molecule has 0 fully saturated rings. The van der Waals surface area contributed by atoms with E-state index < -0.39 is 0 Å². The van der Waals surface area contributed by atoms with Crippen LogP contribution < -0.4 is 5.32 Å². The molecule has 0 amide bonds. The number of benzene rings is 1. The molecule has 1 heterocycles. The first-order chi connectivity index (χ1) is 8.74. The van der Waals surface area contributed by atoms with Crippen LogP contribution >= 0.6 is 11.6 Å². The molecule has 1 N–H and O–H groups in total. The molecule has 1 aromatic heterocycles. The summed E-state index contributed by atoms with van der Waals surface area (Å²) in [7, 11) is 1.95. The summed E-state index contributed by atoms with van der Waals surface area (Å²) in [5.41, 5.74) is 2.31. The molecule has 1 unspecified atom stereocenters. The third-order valence-corrected chi connectivity index (χ3v) is 3.15. The summed E-state index contributed by atoms with van der Waals surface area (Å²) in [4.78, 5) is 0. The maximum absolute atomic E-state index is 6.04. The Balaban J connectivity index is 2.27. The largest absolute Gasteiger partial charge is 0.309 e. The van der Waals surface area contributed by atoms with Crippen LogP contribution in [0.2, 0.25) is 5.02 Å². The van der Waals surface area contributed by atoms with E-state index in [4.69, 9.17) is 11.6 Å². The number of aryl methyl sites for hydroxylation is 1. The summed E-state index contributed by atoms with van der Waals surface area (Å²) in [5, 5.41) is 8.43. The molecule has 4 heteroatoms. The third kappa shape index (κ3) is 2.92. The zero-order valence-corrected chi connectivity index (χ0v) is 11.5. The van der Waals surface area contributed by atoms with E-state index in [1.54, 1.807) is 0 Å². The Morgan fingerprint density at radius 2 is 2.22 bits per heavy atom. The van der Waals surface area contributed by atoms with Crippen molar-refractivity contribution in [3.8, 4) is 0 Å². The van der Waals surface area contributed by atoms with Crippen molar-refractivity contribution in [1.82, 2.24) is 15.1 Å². The quantitative estimate of drug-likeness (QED) is 0.897. The molecule has 2 rings (SSSR count). The van der Waals surface area contributed by atoms with Gasteiger partial charge in [0.25, 0.3) is 0 Å². The monoisotopic (exact) mass is 263 g/mol. The first-order valence-corrected chi connectivity index (χ1v) is 6.57. The fourth-order valence-corrected chi connectivity index (χ4v) is 2.29. The number of rotatable bonds is 5. The fourth-order valence-electron chi connectivity index (χ4n) is 2.09. The molecule has 0 aliphatic rings. The lowest BCUT2D eigenvalue weighted by Gasteiger charge is -2.15. The Morgan fingerprint density at radius 1 is 1.39 bits per heavy atom. The van der Waals surface area contributed by atoms with Gasteiger partial charge >= 0.3 is 0 Å². The van der Waals surface area contributed by atoms with Crippen molar-refractivity contribution in [2.24, 2.45) is 0 Å². The van der Waals surface area contributed by atoms with E-state index in [2.05, 4.69) is 29.6 Å². The van der Waals surface area contributed by atoms with E-state index in [0.29, 0.717) is 0 Å². The summed E-state index contributed by atoms with van der Waals surface area (Å²) in [6.45, 7) is 3.10. The van der Waals surface area contributed by atoms with Crippen molar-refractivity contribution in [3.05, 3.63) is 52.8 Å². The minimum absolute atomic E-state index is 0.134. The second kappa shape index (κ2) is 6.03. The molecule has 3 nitrogen and oxygen atoms in total. The first-order valence-electron chi connectivity index (χ1n) is 6.19. The van der Waals surface area contributed by atoms with Gasteiger partial charge in [0.05, 0.1) is 12.2 Å². The smallest absolute Gasteiger partial charge is 0.0605 e. The number of nitrogens with zero attached hydrogens (tertiary/aromatic N) is 2. The van der Waals surface area contributed by atoms with Crippen molar-refractivity contribution < 1.29 is 0 Å². The Bertz CT molecular complexity index is 507. The van der Waals surface area contributed by atoms with Crippen molar-refractivity contribution in [3.63, 3.8) is 0 Å². The van der Waals surface area contributed by atoms with Gasteiger partial charge < -0.3 is 5.32 Å². The first kappa shape index (κ1) is 13.1. The average molecular weight is 264 g/mol. The lowest BCUT2D eigenvalue weighted by Crippen LogP contribution is -2.17. The van der Waals surface area contributed by atoms with Crippen molar-refractivity contribution in [1.29, 1.82) is 0 Å². The molecule has 0 aliphatic carbocycles. The highest BCUT2D eigenvalue weighted by Crippen LogP contribution is 2.23. The maximum atomic E-state index is 6.04. The van der Waals surface area contributed by atoms with Crippen LogP contribution in [0.3, 0.4) is 0 Å². The lowest BCUT2D eigenvalue weighted by atomic mass is 10.0. The van der Waals surface area contributed by atoms with E-state index in [0.717, 1.165) is 29.1 Å². The Morgan fingerprint density at radius 3 is 2.89 bits per heavy atom. The molecule has 96 valence electrons. The van der Waals surface area contributed by atoms with Crippen LogP contribution in [-0.2, 0) is 6.54 Å². The number of hydrogen-bond donors (Lipinski definition) is 1. The van der Waals surface area contributed by atoms with Gasteiger partial charge in [0.2, 0.25) is 0 Å². The topological polar surface area (TPSA) is 29.9 Å². The summed E-state index contributed by atoms with van der Waals surface area (Å²) in [6.07, 6.45) is 5.09. The SMILES string of the molecule is CCCn1cc(C(NC)c2cccc(Cl)c2)cn1. The third-order valence-electron chi connectivity index (χ3n) is 2.91. The Hall–Kier alpha value is -1.32. The van der Waals surface area contributed by atoms with Crippen LogP contribution in [0.4, 0.5) is 0 Å². The maximum Gasteiger partial charge on any atom is 0.0605 e. The van der Waals surface area contributed by atoms with Crippen LogP contribution in [0.5, 0.6) is 0 Å². The predicted octanol–water partition coefficient (Wildman–Crippen LogP) is 3.26. The van der Waals surface area contributed by atoms with Crippen LogP contribution in [0.25, 0.3) is 0 Å². The van der Waals surface area contributed by atoms with E-state index in [9.17, 15) is 0 Å². The summed E-state index contributed by atoms with van der Waals surface area (Å²) < 4.78 is 1.98. The van der Waals surface area contributed by atoms with E-state index in [1.807, 2.05) is 36.1 Å². The van der Waals surface area contributed by atoms with Gasteiger partial charge in [-0.2, -0.15) is 5.10 Å². The van der Waals surface area contributed by atoms with E-state index in [-0.39, 0.29) is 6.04 Å². The van der Waals surface area contributed by atoms with Gasteiger partial charge in [-0.15, -0.1) is 0 Å². The molecule has 0 saturated carbocycles. The van der Waals surface area contributed by atoms with E-state index in [1.165, 1.54) is 0 Å². The van der Waals surface area contributed by atoms with Gasteiger partial charge in [-0.3, -0.25) is 4.68 Å². The molecule has 2 aromatic rings. The molecule has 0 saturated heterocycles. The molecule has 0 spiro atoms. The molecule has 0 radical (unpaired) electrons. The van der Waals surface area contributed by atoms with Crippen molar-refractivity contribution >= 4 is 11.6 Å². The number of halogens is 1. The lowest BCUT2D eigenvalue weighted by molar-refractivity contribution is 0.600.